The van der Waals surface area contributed by atoms with Crippen LogP contribution in [0.1, 0.15) is 52.9 Å². The van der Waals surface area contributed by atoms with Crippen molar-refractivity contribution in [1.29, 1.82) is 0 Å². The van der Waals surface area contributed by atoms with Crippen LogP contribution in [0.15, 0.2) is 29.5 Å². The molecular formula is C19H30NO+. The topological polar surface area (TPSA) is 20.2 Å². The predicted octanol–water partition coefficient (Wildman–Crippen LogP) is 3.58. The van der Waals surface area contributed by atoms with Crippen LogP contribution in [0.25, 0.3) is 0 Å². The third-order valence-corrected chi connectivity index (χ3v) is 6.20. The number of hydrogen-bond acceptors (Lipinski definition) is 1. The average Bonchev–Trinajstić information content (AvgIpc) is 2.82. The first-order valence-corrected chi connectivity index (χ1v) is 8.53. The summed E-state index contributed by atoms with van der Waals surface area (Å²) >= 11 is 0. The molecule has 0 aromatic rings. The Labute approximate surface area is 129 Å². The molecule has 0 radical (unpaired) electrons. The van der Waals surface area contributed by atoms with Gasteiger partial charge in [0.2, 0.25) is 0 Å². The molecule has 0 aromatic carbocycles. The molecular weight excluding hydrogens is 258 g/mol. The molecule has 2 unspecified atom stereocenters. The van der Waals surface area contributed by atoms with Gasteiger partial charge in [-0.05, 0) is 58.1 Å². The van der Waals surface area contributed by atoms with Crippen molar-refractivity contribution in [3.63, 3.8) is 0 Å². The monoisotopic (exact) mass is 288 g/mol. The molecule has 2 nitrogen and oxygen atoms in total. The Balaban J connectivity index is 1.76. The SMILES string of the molecule is CC1=C=CC([C@@](C)(O)C[N+]23CC[C@@]2(C)C3)C/C=C\CCC1. The summed E-state index contributed by atoms with van der Waals surface area (Å²) in [6, 6.07) is 0. The molecule has 0 spiro atoms. The molecule has 2 aliphatic heterocycles. The van der Waals surface area contributed by atoms with E-state index in [0.29, 0.717) is 5.54 Å². The third-order valence-electron chi connectivity index (χ3n) is 6.20. The molecule has 0 aromatic heterocycles. The summed E-state index contributed by atoms with van der Waals surface area (Å²) < 4.78 is 1.15. The molecule has 0 amide bonds. The summed E-state index contributed by atoms with van der Waals surface area (Å²) in [5, 5.41) is 11.1. The molecule has 1 N–H and O–H groups in total. The lowest BCUT2D eigenvalue weighted by Crippen LogP contribution is -2.55. The second-order valence-corrected chi connectivity index (χ2v) is 8.09. The van der Waals surface area contributed by atoms with Crippen LogP contribution in [0.4, 0.5) is 0 Å². The second-order valence-electron chi connectivity index (χ2n) is 8.09. The second kappa shape index (κ2) is 5.12. The first kappa shape index (κ1) is 15.1. The van der Waals surface area contributed by atoms with Gasteiger partial charge in [0.25, 0.3) is 0 Å². The molecule has 1 aliphatic carbocycles. The van der Waals surface area contributed by atoms with Gasteiger partial charge in [0, 0.05) is 5.92 Å². The highest BCUT2D eigenvalue weighted by Gasteiger charge is 2.74. The van der Waals surface area contributed by atoms with Crippen molar-refractivity contribution in [2.75, 3.05) is 19.6 Å². The van der Waals surface area contributed by atoms with Gasteiger partial charge in [-0.1, -0.05) is 12.2 Å². The molecule has 2 fully saturated rings. The van der Waals surface area contributed by atoms with Crippen LogP contribution in [0.2, 0.25) is 0 Å². The minimum Gasteiger partial charge on any atom is -0.384 e. The molecule has 2 saturated heterocycles. The largest absolute Gasteiger partial charge is 0.384 e. The van der Waals surface area contributed by atoms with Crippen LogP contribution < -0.4 is 0 Å². The Kier molecular flexibility index (Phi) is 3.68. The Hall–Kier alpha value is -0.820. The highest BCUT2D eigenvalue weighted by atomic mass is 16.3. The van der Waals surface area contributed by atoms with Crippen LogP contribution in [-0.4, -0.2) is 40.4 Å². The molecule has 4 atom stereocenters. The molecule has 0 saturated carbocycles. The van der Waals surface area contributed by atoms with Crippen molar-refractivity contribution in [2.24, 2.45) is 5.92 Å². The van der Waals surface area contributed by atoms with Crippen LogP contribution >= 0.6 is 0 Å². The number of quaternary nitrogens is 1. The number of nitrogens with zero attached hydrogens (tertiary/aromatic N) is 1. The lowest BCUT2D eigenvalue weighted by atomic mass is 9.84. The minimum atomic E-state index is -0.630. The van der Waals surface area contributed by atoms with Crippen molar-refractivity contribution < 1.29 is 9.59 Å². The smallest absolute Gasteiger partial charge is 0.151 e. The molecule has 3 rings (SSSR count). The lowest BCUT2D eigenvalue weighted by Gasteiger charge is -2.40. The van der Waals surface area contributed by atoms with Gasteiger partial charge in [-0.25, -0.2) is 0 Å². The fourth-order valence-corrected chi connectivity index (χ4v) is 4.30. The fraction of sp³-hybridized carbons (Fsp3) is 0.737. The molecule has 2 heterocycles. The van der Waals surface area contributed by atoms with Gasteiger partial charge in [0.15, 0.2) is 5.54 Å². The van der Waals surface area contributed by atoms with E-state index in [9.17, 15) is 5.11 Å². The van der Waals surface area contributed by atoms with Gasteiger partial charge in [0.05, 0.1) is 13.0 Å². The summed E-state index contributed by atoms with van der Waals surface area (Å²) in [5.74, 6) is 0.180. The van der Waals surface area contributed by atoms with Crippen LogP contribution in [0, 0.1) is 5.92 Å². The summed E-state index contributed by atoms with van der Waals surface area (Å²) in [4.78, 5) is 0. The number of hydrogen-bond donors (Lipinski definition) is 1. The molecule has 2 heteroatoms. The summed E-state index contributed by atoms with van der Waals surface area (Å²) in [6.45, 7) is 10.00. The van der Waals surface area contributed by atoms with Crippen molar-refractivity contribution >= 4 is 0 Å². The van der Waals surface area contributed by atoms with Crippen molar-refractivity contribution in [3.05, 3.63) is 29.5 Å². The van der Waals surface area contributed by atoms with Crippen molar-refractivity contribution in [3.8, 4) is 0 Å². The Bertz CT molecular complexity index is 512. The number of allylic oxidation sites excluding steroid dienone is 2. The van der Waals surface area contributed by atoms with Gasteiger partial charge in [-0.2, -0.15) is 0 Å². The lowest BCUT2D eigenvalue weighted by molar-refractivity contribution is -0.872. The summed E-state index contributed by atoms with van der Waals surface area (Å²) in [7, 11) is 0. The van der Waals surface area contributed by atoms with Crippen molar-refractivity contribution in [2.45, 2.75) is 64.0 Å². The predicted molar refractivity (Wildman–Crippen MR) is 86.9 cm³/mol. The van der Waals surface area contributed by atoms with Crippen LogP contribution in [-0.2, 0) is 0 Å². The maximum Gasteiger partial charge on any atom is 0.151 e. The zero-order chi connectivity index (χ0) is 15.1. The molecule has 3 aliphatic rings. The van der Waals surface area contributed by atoms with Gasteiger partial charge in [0.1, 0.15) is 18.7 Å². The van der Waals surface area contributed by atoms with E-state index < -0.39 is 5.60 Å². The number of aliphatic hydroxyl groups is 1. The van der Waals surface area contributed by atoms with E-state index in [1.807, 2.05) is 6.92 Å². The highest BCUT2D eigenvalue weighted by molar-refractivity contribution is 5.09. The quantitative estimate of drug-likeness (QED) is 0.364. The average molecular weight is 288 g/mol. The first-order chi connectivity index (χ1) is 9.87. The molecule has 116 valence electrons. The van der Waals surface area contributed by atoms with Gasteiger partial charge < -0.3 is 9.59 Å². The Morgan fingerprint density at radius 1 is 1.48 bits per heavy atom. The highest BCUT2D eigenvalue weighted by Crippen LogP contribution is 2.55. The fourth-order valence-electron chi connectivity index (χ4n) is 4.30. The maximum atomic E-state index is 11.1. The van der Waals surface area contributed by atoms with E-state index in [-0.39, 0.29) is 5.92 Å². The Morgan fingerprint density at radius 2 is 2.29 bits per heavy atom. The zero-order valence-electron chi connectivity index (χ0n) is 13.9. The van der Waals surface area contributed by atoms with E-state index in [1.165, 1.54) is 31.5 Å². The van der Waals surface area contributed by atoms with E-state index in [1.54, 1.807) is 0 Å². The van der Waals surface area contributed by atoms with E-state index >= 15 is 0 Å². The minimum absolute atomic E-state index is 0.180. The number of fused-ring (bicyclic) bond motifs is 1. The molecule has 0 bridgehead atoms. The van der Waals surface area contributed by atoms with E-state index in [4.69, 9.17) is 0 Å². The van der Waals surface area contributed by atoms with Crippen LogP contribution in [0.3, 0.4) is 0 Å². The third kappa shape index (κ3) is 2.77. The van der Waals surface area contributed by atoms with Gasteiger partial charge in [-0.3, -0.25) is 0 Å². The Morgan fingerprint density at radius 3 is 2.90 bits per heavy atom. The standard InChI is InChI=1S/C19H30NO/c1-16-8-6-4-5-7-9-17(11-10-16)19(3,21)15-20-13-12-18(20,2)14-20/h5,7,11,17,21H,4,6,8-9,12-15H2,1-3H3/q+1/b7-5-/t10?,17?,18-,19-,20?/m0/s1. The van der Waals surface area contributed by atoms with E-state index in [0.717, 1.165) is 30.3 Å². The number of rotatable bonds is 3. The molecule has 21 heavy (non-hydrogen) atoms. The summed E-state index contributed by atoms with van der Waals surface area (Å²) in [5.41, 5.74) is 4.62. The van der Waals surface area contributed by atoms with Crippen molar-refractivity contribution in [1.82, 2.24) is 0 Å². The summed E-state index contributed by atoms with van der Waals surface area (Å²) in [6.07, 6.45) is 12.4. The van der Waals surface area contributed by atoms with Crippen LogP contribution in [0.5, 0.6) is 0 Å². The van der Waals surface area contributed by atoms with Gasteiger partial charge in [-0.15, -0.1) is 5.73 Å². The maximum absolute atomic E-state index is 11.1. The normalized spacial score (nSPS) is 43.0. The zero-order valence-corrected chi connectivity index (χ0v) is 13.9. The van der Waals surface area contributed by atoms with Gasteiger partial charge >= 0.3 is 0 Å². The first-order valence-electron chi connectivity index (χ1n) is 8.53. The van der Waals surface area contributed by atoms with E-state index in [2.05, 4.69) is 37.8 Å².